The first-order valence-corrected chi connectivity index (χ1v) is 6.52. The van der Waals surface area contributed by atoms with Gasteiger partial charge in [-0.15, -0.1) is 0 Å². The molecule has 0 N–H and O–H groups in total. The summed E-state index contributed by atoms with van der Waals surface area (Å²) in [6.45, 7) is 13.1. The van der Waals surface area contributed by atoms with Crippen LogP contribution in [0.4, 0.5) is 0 Å². The maximum atomic E-state index is 11.7. The van der Waals surface area contributed by atoms with Crippen molar-refractivity contribution in [3.05, 3.63) is 11.1 Å². The Morgan fingerprint density at radius 2 is 1.87 bits per heavy atom. The normalized spacial score (nSPS) is 23.1. The Morgan fingerprint density at radius 3 is 2.27 bits per heavy atom. The summed E-state index contributed by atoms with van der Waals surface area (Å²) in [7, 11) is 0. The largest absolute Gasteiger partial charge is 0.282 e. The second-order valence-corrected chi connectivity index (χ2v) is 6.98. The van der Waals surface area contributed by atoms with Crippen LogP contribution in [0.5, 0.6) is 0 Å². The van der Waals surface area contributed by atoms with Crippen molar-refractivity contribution in [2.24, 2.45) is 11.3 Å². The van der Waals surface area contributed by atoms with Crippen molar-refractivity contribution in [1.82, 2.24) is 0 Å². The minimum absolute atomic E-state index is 0.183. The SMILES string of the molecule is CC1=C(CC(C)C)C(C(C)(C)C)SC1=O. The van der Waals surface area contributed by atoms with E-state index in [-0.39, 0.29) is 10.5 Å². The predicted octanol–water partition coefficient (Wildman–Crippen LogP) is 4.04. The van der Waals surface area contributed by atoms with Crippen molar-refractivity contribution in [2.75, 3.05) is 0 Å². The number of hydrogen-bond donors (Lipinski definition) is 0. The fraction of sp³-hybridized carbons (Fsp3) is 0.769. The molecule has 0 aromatic rings. The Kier molecular flexibility index (Phi) is 3.70. The summed E-state index contributed by atoms with van der Waals surface area (Å²) in [6.07, 6.45) is 1.06. The summed E-state index contributed by atoms with van der Waals surface area (Å²) in [4.78, 5) is 11.7. The van der Waals surface area contributed by atoms with E-state index in [0.717, 1.165) is 12.0 Å². The lowest BCUT2D eigenvalue weighted by Crippen LogP contribution is -2.24. The minimum atomic E-state index is 0.183. The van der Waals surface area contributed by atoms with Crippen molar-refractivity contribution in [1.29, 1.82) is 0 Å². The molecule has 0 radical (unpaired) electrons. The average molecular weight is 226 g/mol. The number of carbonyl (C=O) groups is 1. The third kappa shape index (κ3) is 2.87. The van der Waals surface area contributed by atoms with Crippen molar-refractivity contribution < 1.29 is 4.79 Å². The van der Waals surface area contributed by atoms with Gasteiger partial charge in [-0.25, -0.2) is 0 Å². The third-order valence-corrected chi connectivity index (χ3v) is 4.49. The second kappa shape index (κ2) is 4.32. The molecule has 0 aliphatic carbocycles. The van der Waals surface area contributed by atoms with Crippen LogP contribution in [0.15, 0.2) is 11.1 Å². The van der Waals surface area contributed by atoms with E-state index < -0.39 is 0 Å². The van der Waals surface area contributed by atoms with Crippen LogP contribution in [0.25, 0.3) is 0 Å². The number of rotatable bonds is 2. The van der Waals surface area contributed by atoms with E-state index in [9.17, 15) is 4.79 Å². The standard InChI is InChI=1S/C13H22OS/c1-8(2)7-10-9(3)12(14)15-11(10)13(4,5)6/h8,11H,7H2,1-6H3. The van der Waals surface area contributed by atoms with Gasteiger partial charge in [-0.05, 0) is 30.3 Å². The van der Waals surface area contributed by atoms with Gasteiger partial charge in [-0.2, -0.15) is 0 Å². The Hall–Kier alpha value is -0.240. The molecule has 1 aliphatic heterocycles. The summed E-state index contributed by atoms with van der Waals surface area (Å²) in [5, 5.41) is 0.665. The molecule has 0 fully saturated rings. The van der Waals surface area contributed by atoms with E-state index in [0.29, 0.717) is 11.2 Å². The highest BCUT2D eigenvalue weighted by molar-refractivity contribution is 8.15. The van der Waals surface area contributed by atoms with Crippen LogP contribution in [0, 0.1) is 11.3 Å². The van der Waals surface area contributed by atoms with Crippen LogP contribution >= 0.6 is 11.8 Å². The molecule has 2 heteroatoms. The molecule has 1 nitrogen and oxygen atoms in total. The average Bonchev–Trinajstić information content (AvgIpc) is 2.30. The van der Waals surface area contributed by atoms with E-state index in [1.165, 1.54) is 17.3 Å². The highest BCUT2D eigenvalue weighted by atomic mass is 32.2. The van der Waals surface area contributed by atoms with Crippen molar-refractivity contribution in [2.45, 2.75) is 53.2 Å². The Bertz CT molecular complexity index is 294. The smallest absolute Gasteiger partial charge is 0.215 e. The molecule has 0 aromatic carbocycles. The lowest BCUT2D eigenvalue weighted by molar-refractivity contribution is -0.107. The summed E-state index contributed by atoms with van der Waals surface area (Å²) in [6, 6.07) is 0. The molecule has 1 aliphatic rings. The van der Waals surface area contributed by atoms with Gasteiger partial charge in [0.15, 0.2) is 0 Å². The fourth-order valence-electron chi connectivity index (χ4n) is 1.99. The molecular weight excluding hydrogens is 204 g/mol. The molecule has 1 unspecified atom stereocenters. The topological polar surface area (TPSA) is 17.1 Å². The second-order valence-electron chi connectivity index (χ2n) is 5.90. The molecule has 0 spiro atoms. The molecule has 86 valence electrons. The van der Waals surface area contributed by atoms with Crippen LogP contribution in [-0.4, -0.2) is 10.4 Å². The third-order valence-electron chi connectivity index (χ3n) is 2.74. The summed E-state index contributed by atoms with van der Waals surface area (Å²) < 4.78 is 0. The maximum Gasteiger partial charge on any atom is 0.215 e. The predicted molar refractivity (Wildman–Crippen MR) is 68.0 cm³/mol. The molecule has 1 heterocycles. The van der Waals surface area contributed by atoms with Crippen LogP contribution in [-0.2, 0) is 4.79 Å². The van der Waals surface area contributed by atoms with Gasteiger partial charge in [0.1, 0.15) is 0 Å². The molecule has 1 rings (SSSR count). The zero-order chi connectivity index (χ0) is 11.8. The molecule has 0 amide bonds. The van der Waals surface area contributed by atoms with Gasteiger partial charge in [0.05, 0.1) is 0 Å². The lowest BCUT2D eigenvalue weighted by Gasteiger charge is -2.29. The molecular formula is C13H22OS. The fourth-order valence-corrected chi connectivity index (χ4v) is 3.28. The summed E-state index contributed by atoms with van der Waals surface area (Å²) in [5.41, 5.74) is 2.57. The first kappa shape index (κ1) is 12.8. The van der Waals surface area contributed by atoms with Gasteiger partial charge >= 0.3 is 0 Å². The van der Waals surface area contributed by atoms with Crippen LogP contribution in [0.1, 0.15) is 48.0 Å². The first-order valence-electron chi connectivity index (χ1n) is 5.64. The number of carbonyl (C=O) groups excluding carboxylic acids is 1. The molecule has 0 saturated heterocycles. The quantitative estimate of drug-likeness (QED) is 0.707. The van der Waals surface area contributed by atoms with E-state index in [1.807, 2.05) is 6.92 Å². The van der Waals surface area contributed by atoms with E-state index in [1.54, 1.807) is 0 Å². The van der Waals surface area contributed by atoms with Crippen LogP contribution < -0.4 is 0 Å². The number of hydrogen-bond acceptors (Lipinski definition) is 2. The first-order chi connectivity index (χ1) is 6.73. The zero-order valence-electron chi connectivity index (χ0n) is 10.7. The highest BCUT2D eigenvalue weighted by Crippen LogP contribution is 2.45. The van der Waals surface area contributed by atoms with Gasteiger partial charge in [-0.1, -0.05) is 46.4 Å². The molecule has 1 atom stereocenters. The molecule has 0 aromatic heterocycles. The Balaban J connectivity index is 2.98. The molecule has 0 saturated carbocycles. The van der Waals surface area contributed by atoms with Gasteiger partial charge in [0.25, 0.3) is 0 Å². The van der Waals surface area contributed by atoms with Gasteiger partial charge in [0, 0.05) is 10.8 Å². The monoisotopic (exact) mass is 226 g/mol. The van der Waals surface area contributed by atoms with Crippen molar-refractivity contribution >= 4 is 16.9 Å². The lowest BCUT2D eigenvalue weighted by atomic mass is 9.83. The van der Waals surface area contributed by atoms with Crippen LogP contribution in [0.2, 0.25) is 0 Å². The van der Waals surface area contributed by atoms with E-state index in [2.05, 4.69) is 34.6 Å². The van der Waals surface area contributed by atoms with E-state index in [4.69, 9.17) is 0 Å². The van der Waals surface area contributed by atoms with Gasteiger partial charge < -0.3 is 0 Å². The minimum Gasteiger partial charge on any atom is -0.282 e. The van der Waals surface area contributed by atoms with Gasteiger partial charge in [0.2, 0.25) is 5.12 Å². The van der Waals surface area contributed by atoms with Crippen LogP contribution in [0.3, 0.4) is 0 Å². The molecule has 15 heavy (non-hydrogen) atoms. The van der Waals surface area contributed by atoms with Crippen molar-refractivity contribution in [3.63, 3.8) is 0 Å². The van der Waals surface area contributed by atoms with E-state index >= 15 is 0 Å². The highest BCUT2D eigenvalue weighted by Gasteiger charge is 2.38. The molecule has 0 bridgehead atoms. The summed E-state index contributed by atoms with van der Waals surface area (Å²) >= 11 is 1.52. The maximum absolute atomic E-state index is 11.7. The summed E-state index contributed by atoms with van der Waals surface area (Å²) in [5.74, 6) is 0.631. The van der Waals surface area contributed by atoms with Gasteiger partial charge in [-0.3, -0.25) is 4.79 Å². The number of thioether (sulfide) groups is 1. The Labute approximate surface area is 97.7 Å². The Morgan fingerprint density at radius 1 is 1.33 bits per heavy atom. The van der Waals surface area contributed by atoms with Crippen molar-refractivity contribution in [3.8, 4) is 0 Å². The zero-order valence-corrected chi connectivity index (χ0v) is 11.5.